The number of hydrogen-bond donors (Lipinski definition) is 1. The van der Waals surface area contributed by atoms with E-state index in [1.54, 1.807) is 30.1 Å². The minimum absolute atomic E-state index is 0.00654. The summed E-state index contributed by atoms with van der Waals surface area (Å²) in [5.74, 6) is -0.449. The molecule has 0 spiro atoms. The Bertz CT molecular complexity index is 804. The van der Waals surface area contributed by atoms with Crippen LogP contribution in [0.2, 0.25) is 5.02 Å². The van der Waals surface area contributed by atoms with Crippen molar-refractivity contribution in [3.63, 3.8) is 0 Å². The summed E-state index contributed by atoms with van der Waals surface area (Å²) in [7, 11) is 1.74. The maximum atomic E-state index is 12.7. The number of carboxylic acid groups (broad SMARTS) is 1. The van der Waals surface area contributed by atoms with E-state index in [9.17, 15) is 9.59 Å². The molecule has 1 heterocycles. The minimum atomic E-state index is -0.965. The second-order valence-electron chi connectivity index (χ2n) is 6.16. The van der Waals surface area contributed by atoms with Gasteiger partial charge in [-0.3, -0.25) is 4.79 Å². The number of carbonyl (C=O) groups excluding carboxylic acids is 1. The van der Waals surface area contributed by atoms with Gasteiger partial charge in [-0.1, -0.05) is 23.7 Å². The molecule has 0 bridgehead atoms. The van der Waals surface area contributed by atoms with Crippen molar-refractivity contribution in [3.05, 3.63) is 64.2 Å². The number of rotatable bonds is 4. The van der Waals surface area contributed by atoms with Gasteiger partial charge in [0.15, 0.2) is 0 Å². The maximum absolute atomic E-state index is 12.7. The number of halogens is 1. The molecule has 2 aromatic rings. The molecule has 0 aliphatic carbocycles. The first kappa shape index (κ1) is 17.3. The molecule has 5 nitrogen and oxygen atoms in total. The number of ether oxygens (including phenoxy) is 1. The number of carboxylic acids is 1. The van der Waals surface area contributed by atoms with E-state index in [1.165, 1.54) is 12.1 Å². The fraction of sp³-hybridized carbons (Fsp3) is 0.263. The van der Waals surface area contributed by atoms with Crippen LogP contribution in [0.25, 0.3) is 0 Å². The van der Waals surface area contributed by atoms with Crippen LogP contribution in [0.3, 0.4) is 0 Å². The van der Waals surface area contributed by atoms with Crippen molar-refractivity contribution in [3.8, 4) is 5.75 Å². The molecular formula is C19H18ClNO4. The van der Waals surface area contributed by atoms with Gasteiger partial charge in [-0.15, -0.1) is 0 Å². The lowest BCUT2D eigenvalue weighted by atomic mass is 9.95. The number of nitrogens with zero attached hydrogens (tertiary/aromatic N) is 1. The van der Waals surface area contributed by atoms with E-state index in [-0.39, 0.29) is 17.4 Å². The molecule has 1 atom stereocenters. The van der Waals surface area contributed by atoms with Crippen molar-refractivity contribution < 1.29 is 19.4 Å². The van der Waals surface area contributed by atoms with Crippen LogP contribution < -0.4 is 4.74 Å². The molecular weight excluding hydrogens is 342 g/mol. The minimum Gasteiger partial charge on any atom is -0.492 e. The predicted octanol–water partition coefficient (Wildman–Crippen LogP) is 3.25. The molecule has 0 saturated carbocycles. The van der Waals surface area contributed by atoms with Crippen LogP contribution in [0.4, 0.5) is 0 Å². The number of hydrogen-bond acceptors (Lipinski definition) is 3. The molecule has 0 fully saturated rings. The first-order valence-electron chi connectivity index (χ1n) is 7.92. The normalized spacial score (nSPS) is 15.8. The van der Waals surface area contributed by atoms with Crippen LogP contribution in [0.5, 0.6) is 5.75 Å². The molecule has 2 aromatic carbocycles. The molecule has 0 saturated heterocycles. The van der Waals surface area contributed by atoms with E-state index in [2.05, 4.69) is 0 Å². The summed E-state index contributed by atoms with van der Waals surface area (Å²) in [5, 5.41) is 9.55. The predicted molar refractivity (Wildman–Crippen MR) is 94.0 cm³/mol. The van der Waals surface area contributed by atoms with Crippen LogP contribution in [0, 0.1) is 5.92 Å². The highest BCUT2D eigenvalue weighted by molar-refractivity contribution is 6.30. The number of fused-ring (bicyclic) bond motifs is 1. The summed E-state index contributed by atoms with van der Waals surface area (Å²) in [6.45, 7) is 0.757. The van der Waals surface area contributed by atoms with Gasteiger partial charge in [-0.05, 0) is 47.9 Å². The zero-order valence-electron chi connectivity index (χ0n) is 13.7. The van der Waals surface area contributed by atoms with Gasteiger partial charge in [0.2, 0.25) is 5.91 Å². The Morgan fingerprint density at radius 3 is 2.64 bits per heavy atom. The smallest absolute Gasteiger partial charge is 0.335 e. The highest BCUT2D eigenvalue weighted by atomic mass is 35.5. The van der Waals surface area contributed by atoms with Crippen LogP contribution in [-0.2, 0) is 17.8 Å². The van der Waals surface area contributed by atoms with E-state index >= 15 is 0 Å². The third-order valence-electron chi connectivity index (χ3n) is 4.27. The van der Waals surface area contributed by atoms with Crippen LogP contribution >= 0.6 is 11.6 Å². The van der Waals surface area contributed by atoms with Gasteiger partial charge in [0.05, 0.1) is 11.5 Å². The molecule has 25 heavy (non-hydrogen) atoms. The molecule has 1 amide bonds. The standard InChI is InChI=1S/C19H18ClNO4/c1-21(10-12-2-4-13(5-3-12)19(23)24)18(22)15-8-14-9-16(20)6-7-17(14)25-11-15/h2-7,9,15H,8,10-11H2,1H3,(H,23,24). The van der Waals surface area contributed by atoms with Crippen molar-refractivity contribution in [1.29, 1.82) is 0 Å². The Kier molecular flexibility index (Phi) is 4.95. The third-order valence-corrected chi connectivity index (χ3v) is 4.51. The Labute approximate surface area is 150 Å². The first-order chi connectivity index (χ1) is 11.9. The Balaban J connectivity index is 1.65. The molecule has 1 aliphatic heterocycles. The molecule has 1 unspecified atom stereocenters. The topological polar surface area (TPSA) is 66.8 Å². The summed E-state index contributed by atoms with van der Waals surface area (Å²) in [6.07, 6.45) is 0.594. The van der Waals surface area contributed by atoms with Crippen molar-refractivity contribution in [2.45, 2.75) is 13.0 Å². The van der Waals surface area contributed by atoms with Crippen molar-refractivity contribution in [2.75, 3.05) is 13.7 Å². The second-order valence-corrected chi connectivity index (χ2v) is 6.60. The van der Waals surface area contributed by atoms with Gasteiger partial charge in [0.1, 0.15) is 12.4 Å². The zero-order chi connectivity index (χ0) is 18.0. The van der Waals surface area contributed by atoms with E-state index in [0.717, 1.165) is 16.9 Å². The zero-order valence-corrected chi connectivity index (χ0v) is 14.5. The Hall–Kier alpha value is -2.53. The number of carbonyl (C=O) groups is 2. The van der Waals surface area contributed by atoms with Crippen LogP contribution in [-0.4, -0.2) is 35.5 Å². The summed E-state index contributed by atoms with van der Waals surface area (Å²) in [5.41, 5.74) is 2.05. The molecule has 1 N–H and O–H groups in total. The highest BCUT2D eigenvalue weighted by Crippen LogP contribution is 2.30. The van der Waals surface area contributed by atoms with E-state index in [4.69, 9.17) is 21.4 Å². The van der Waals surface area contributed by atoms with Crippen molar-refractivity contribution >= 4 is 23.5 Å². The molecule has 1 aliphatic rings. The summed E-state index contributed by atoms with van der Waals surface area (Å²) < 4.78 is 5.68. The molecule has 0 radical (unpaired) electrons. The highest BCUT2D eigenvalue weighted by Gasteiger charge is 2.28. The number of benzene rings is 2. The average Bonchev–Trinajstić information content (AvgIpc) is 2.60. The molecule has 3 rings (SSSR count). The van der Waals surface area contributed by atoms with E-state index in [0.29, 0.717) is 24.6 Å². The average molecular weight is 360 g/mol. The molecule has 130 valence electrons. The van der Waals surface area contributed by atoms with Crippen molar-refractivity contribution in [1.82, 2.24) is 4.90 Å². The van der Waals surface area contributed by atoms with E-state index in [1.807, 2.05) is 12.1 Å². The summed E-state index contributed by atoms with van der Waals surface area (Å²) in [6, 6.07) is 12.0. The quantitative estimate of drug-likeness (QED) is 0.910. The number of amides is 1. The first-order valence-corrected chi connectivity index (χ1v) is 8.30. The van der Waals surface area contributed by atoms with E-state index < -0.39 is 5.97 Å². The fourth-order valence-corrected chi connectivity index (χ4v) is 3.13. The van der Waals surface area contributed by atoms with Gasteiger partial charge in [0, 0.05) is 18.6 Å². The molecule has 0 aromatic heterocycles. The van der Waals surface area contributed by atoms with Crippen molar-refractivity contribution in [2.24, 2.45) is 5.92 Å². The van der Waals surface area contributed by atoms with Crippen LogP contribution in [0.1, 0.15) is 21.5 Å². The monoisotopic (exact) mass is 359 g/mol. The van der Waals surface area contributed by atoms with Crippen LogP contribution in [0.15, 0.2) is 42.5 Å². The lowest BCUT2D eigenvalue weighted by Crippen LogP contribution is -2.38. The molecule has 6 heteroatoms. The van der Waals surface area contributed by atoms with Gasteiger partial charge >= 0.3 is 5.97 Å². The lowest BCUT2D eigenvalue weighted by molar-refractivity contribution is -0.136. The largest absolute Gasteiger partial charge is 0.492 e. The SMILES string of the molecule is CN(Cc1ccc(C(=O)O)cc1)C(=O)C1COc2ccc(Cl)cc2C1. The third kappa shape index (κ3) is 3.94. The van der Waals surface area contributed by atoms with Gasteiger partial charge < -0.3 is 14.7 Å². The van der Waals surface area contributed by atoms with Gasteiger partial charge in [0.25, 0.3) is 0 Å². The number of aromatic carboxylic acids is 1. The second kappa shape index (κ2) is 7.15. The Morgan fingerprint density at radius 1 is 1.24 bits per heavy atom. The maximum Gasteiger partial charge on any atom is 0.335 e. The Morgan fingerprint density at radius 2 is 1.96 bits per heavy atom. The van der Waals surface area contributed by atoms with Gasteiger partial charge in [-0.2, -0.15) is 0 Å². The van der Waals surface area contributed by atoms with Gasteiger partial charge in [-0.25, -0.2) is 4.79 Å². The lowest BCUT2D eigenvalue weighted by Gasteiger charge is -2.28. The summed E-state index contributed by atoms with van der Waals surface area (Å²) >= 11 is 6.02. The summed E-state index contributed by atoms with van der Waals surface area (Å²) in [4.78, 5) is 25.2. The fourth-order valence-electron chi connectivity index (χ4n) is 2.94.